The minimum Gasteiger partial charge on any atom is -0.341 e. The summed E-state index contributed by atoms with van der Waals surface area (Å²) in [6.45, 7) is 1.22. The van der Waals surface area contributed by atoms with Crippen LogP contribution in [0.1, 0.15) is 6.92 Å². The number of quaternary nitrogens is 1. The zero-order chi connectivity index (χ0) is 18.4. The van der Waals surface area contributed by atoms with E-state index in [1.807, 2.05) is 0 Å². The Morgan fingerprint density at radius 3 is 2.38 bits per heavy atom. The molecule has 0 saturated heterocycles. The van der Waals surface area contributed by atoms with E-state index in [1.165, 1.54) is 21.0 Å². The number of benzene rings is 1. The molecule has 4 amide bonds. The first kappa shape index (κ1) is 19.4. The highest BCUT2D eigenvalue weighted by Gasteiger charge is 2.25. The van der Waals surface area contributed by atoms with Gasteiger partial charge in [-0.15, -0.1) is 0 Å². The predicted octanol–water partition coefficient (Wildman–Crippen LogP) is -0.599. The number of hydrogen-bond acceptors (Lipinski definition) is 3. The number of rotatable bonds is 5. The minimum absolute atomic E-state index is 0.263. The van der Waals surface area contributed by atoms with Gasteiger partial charge in [-0.3, -0.25) is 14.9 Å². The van der Waals surface area contributed by atoms with Crippen molar-refractivity contribution in [2.75, 3.05) is 26.0 Å². The molecule has 0 aliphatic heterocycles. The van der Waals surface area contributed by atoms with Crippen molar-refractivity contribution in [3.05, 3.63) is 29.6 Å². The Kier molecular flexibility index (Phi) is 6.71. The summed E-state index contributed by atoms with van der Waals surface area (Å²) in [7, 11) is 2.85. The van der Waals surface area contributed by atoms with Gasteiger partial charge in [0, 0.05) is 7.05 Å². The Balaban J connectivity index is 2.66. The molecular formula is C14H18F3N4O3+. The average Bonchev–Trinajstić information content (AvgIpc) is 2.54. The second-order valence-corrected chi connectivity index (χ2v) is 5.08. The predicted molar refractivity (Wildman–Crippen MR) is 78.8 cm³/mol. The van der Waals surface area contributed by atoms with E-state index in [2.05, 4.69) is 16.0 Å². The van der Waals surface area contributed by atoms with E-state index in [-0.39, 0.29) is 6.54 Å². The van der Waals surface area contributed by atoms with Crippen LogP contribution in [0.15, 0.2) is 12.1 Å². The average molecular weight is 347 g/mol. The number of urea groups is 1. The summed E-state index contributed by atoms with van der Waals surface area (Å²) in [5.41, 5.74) is -0.505. The summed E-state index contributed by atoms with van der Waals surface area (Å²) < 4.78 is 39.4. The lowest BCUT2D eigenvalue weighted by Gasteiger charge is -2.20. The molecule has 24 heavy (non-hydrogen) atoms. The van der Waals surface area contributed by atoms with Crippen LogP contribution in [0.3, 0.4) is 0 Å². The first-order chi connectivity index (χ1) is 11.2. The SMILES string of the molecule is CNC(=O)NC(=O)[C@H](C)[NH+](C)CC(=O)Nc1ccc(F)c(F)c1F. The fraction of sp³-hybridized carbons (Fsp3) is 0.357. The molecule has 0 aliphatic carbocycles. The molecule has 132 valence electrons. The fourth-order valence-electron chi connectivity index (χ4n) is 1.73. The summed E-state index contributed by atoms with van der Waals surface area (Å²) in [6.07, 6.45) is 0. The van der Waals surface area contributed by atoms with Gasteiger partial charge in [0.1, 0.15) is 0 Å². The number of anilines is 1. The van der Waals surface area contributed by atoms with Crippen molar-refractivity contribution in [3.8, 4) is 0 Å². The van der Waals surface area contributed by atoms with Crippen molar-refractivity contribution in [3.63, 3.8) is 0 Å². The molecule has 4 N–H and O–H groups in total. The Morgan fingerprint density at radius 2 is 1.79 bits per heavy atom. The van der Waals surface area contributed by atoms with E-state index < -0.39 is 47.0 Å². The van der Waals surface area contributed by atoms with E-state index >= 15 is 0 Å². The van der Waals surface area contributed by atoms with Gasteiger partial charge in [-0.2, -0.15) is 0 Å². The van der Waals surface area contributed by atoms with Crippen molar-refractivity contribution >= 4 is 23.5 Å². The molecule has 1 aromatic carbocycles. The van der Waals surface area contributed by atoms with Crippen LogP contribution >= 0.6 is 0 Å². The fourth-order valence-corrected chi connectivity index (χ4v) is 1.73. The maximum atomic E-state index is 13.5. The Bertz CT molecular complexity index is 654. The number of nitrogens with one attached hydrogen (secondary N) is 4. The van der Waals surface area contributed by atoms with E-state index in [1.54, 1.807) is 0 Å². The molecule has 1 aromatic rings. The molecule has 2 atom stereocenters. The molecule has 1 rings (SSSR count). The van der Waals surface area contributed by atoms with Crippen LogP contribution < -0.4 is 20.9 Å². The first-order valence-corrected chi connectivity index (χ1v) is 6.95. The number of hydrogen-bond donors (Lipinski definition) is 4. The summed E-state index contributed by atoms with van der Waals surface area (Å²) in [5.74, 6) is -5.89. The molecule has 0 spiro atoms. The normalized spacial score (nSPS) is 12.9. The third kappa shape index (κ3) is 4.95. The van der Waals surface area contributed by atoms with Gasteiger partial charge in [-0.25, -0.2) is 18.0 Å². The van der Waals surface area contributed by atoms with Crippen LogP contribution in [0.2, 0.25) is 0 Å². The van der Waals surface area contributed by atoms with E-state index in [9.17, 15) is 27.6 Å². The van der Waals surface area contributed by atoms with Crippen molar-refractivity contribution in [2.24, 2.45) is 0 Å². The summed E-state index contributed by atoms with van der Waals surface area (Å²) in [4.78, 5) is 35.1. The summed E-state index contributed by atoms with van der Waals surface area (Å²) in [5, 5.41) is 6.38. The van der Waals surface area contributed by atoms with Crippen LogP contribution in [-0.4, -0.2) is 44.5 Å². The zero-order valence-electron chi connectivity index (χ0n) is 13.3. The number of carbonyl (C=O) groups is 3. The number of imide groups is 1. The first-order valence-electron chi connectivity index (χ1n) is 6.95. The monoisotopic (exact) mass is 347 g/mol. The second-order valence-electron chi connectivity index (χ2n) is 5.08. The van der Waals surface area contributed by atoms with Crippen molar-refractivity contribution < 1.29 is 32.5 Å². The Labute approximate surface area is 136 Å². The lowest BCUT2D eigenvalue weighted by molar-refractivity contribution is -0.885. The molecule has 0 radical (unpaired) electrons. The van der Waals surface area contributed by atoms with Gasteiger partial charge in [0.25, 0.3) is 11.8 Å². The highest BCUT2D eigenvalue weighted by molar-refractivity contribution is 5.96. The third-order valence-corrected chi connectivity index (χ3v) is 3.34. The Morgan fingerprint density at radius 1 is 1.17 bits per heavy atom. The van der Waals surface area contributed by atoms with Gasteiger partial charge < -0.3 is 15.5 Å². The van der Waals surface area contributed by atoms with E-state index in [0.29, 0.717) is 11.0 Å². The second kappa shape index (κ2) is 8.29. The molecule has 7 nitrogen and oxygen atoms in total. The van der Waals surface area contributed by atoms with Crippen LogP contribution in [0.4, 0.5) is 23.7 Å². The maximum absolute atomic E-state index is 13.5. The van der Waals surface area contributed by atoms with Gasteiger partial charge in [-0.1, -0.05) is 0 Å². The molecule has 0 aromatic heterocycles. The van der Waals surface area contributed by atoms with Gasteiger partial charge in [-0.05, 0) is 19.1 Å². The number of likely N-dealkylation sites (N-methyl/N-ethyl adjacent to an activating group) is 1. The largest absolute Gasteiger partial charge is 0.341 e. The number of carbonyl (C=O) groups excluding carboxylic acids is 3. The molecule has 0 bridgehead atoms. The molecule has 1 unspecified atom stereocenters. The smallest absolute Gasteiger partial charge is 0.321 e. The van der Waals surface area contributed by atoms with Crippen LogP contribution in [-0.2, 0) is 9.59 Å². The lowest BCUT2D eigenvalue weighted by Crippen LogP contribution is -3.15. The van der Waals surface area contributed by atoms with Gasteiger partial charge in [0.15, 0.2) is 30.0 Å². The standard InChI is InChI=1S/C14H17F3N4O3/c1-7(13(23)20-14(24)18-2)21(3)6-10(22)19-9-5-4-8(15)11(16)12(9)17/h4-5,7H,6H2,1-3H3,(H,19,22)(H2,18,20,23,24)/p+1/t7-/m0/s1. The number of amides is 4. The van der Waals surface area contributed by atoms with Gasteiger partial charge in [0.2, 0.25) is 0 Å². The summed E-state index contributed by atoms with van der Waals surface area (Å²) in [6, 6.07) is 0.128. The lowest BCUT2D eigenvalue weighted by atomic mass is 10.2. The van der Waals surface area contributed by atoms with Crippen molar-refractivity contribution in [1.29, 1.82) is 0 Å². The highest BCUT2D eigenvalue weighted by Crippen LogP contribution is 2.19. The Hall–Kier alpha value is -2.62. The van der Waals surface area contributed by atoms with E-state index in [4.69, 9.17) is 0 Å². The quantitative estimate of drug-likeness (QED) is 0.536. The van der Waals surface area contributed by atoms with Crippen LogP contribution in [0.5, 0.6) is 0 Å². The maximum Gasteiger partial charge on any atom is 0.321 e. The third-order valence-electron chi connectivity index (χ3n) is 3.34. The number of halogens is 3. The highest BCUT2D eigenvalue weighted by atomic mass is 19.2. The zero-order valence-corrected chi connectivity index (χ0v) is 13.3. The molecule has 0 aliphatic rings. The summed E-state index contributed by atoms with van der Waals surface area (Å²) >= 11 is 0. The van der Waals surface area contributed by atoms with Crippen LogP contribution in [0.25, 0.3) is 0 Å². The molecule has 0 saturated carbocycles. The molecule has 0 heterocycles. The van der Waals surface area contributed by atoms with Crippen molar-refractivity contribution in [2.45, 2.75) is 13.0 Å². The van der Waals surface area contributed by atoms with Crippen molar-refractivity contribution in [1.82, 2.24) is 10.6 Å². The van der Waals surface area contributed by atoms with E-state index in [0.717, 1.165) is 6.07 Å². The molecule has 0 fully saturated rings. The molecular weight excluding hydrogens is 329 g/mol. The minimum atomic E-state index is -1.69. The topological polar surface area (TPSA) is 91.7 Å². The van der Waals surface area contributed by atoms with Crippen LogP contribution in [0, 0.1) is 17.5 Å². The molecule has 10 heteroatoms. The van der Waals surface area contributed by atoms with Gasteiger partial charge in [0.05, 0.1) is 12.7 Å². The van der Waals surface area contributed by atoms with Gasteiger partial charge >= 0.3 is 6.03 Å².